The number of aliphatic imine (C=N–C) groups is 1. The molecule has 102 valence electrons. The van der Waals surface area contributed by atoms with E-state index in [0.29, 0.717) is 12.8 Å². The lowest BCUT2D eigenvalue weighted by Crippen LogP contribution is -2.29. The summed E-state index contributed by atoms with van der Waals surface area (Å²) in [5, 5.41) is 8.96. The maximum Gasteiger partial charge on any atom is 0.331 e. The number of carboxylic acid groups (broad SMARTS) is 1. The third kappa shape index (κ3) is 2.93. The first-order valence-corrected chi connectivity index (χ1v) is 7.36. The average molecular weight is 282 g/mol. The minimum absolute atomic E-state index is 0.147. The van der Waals surface area contributed by atoms with Crippen LogP contribution in [0.5, 0.6) is 0 Å². The third-order valence-corrected chi connectivity index (χ3v) is 4.59. The summed E-state index contributed by atoms with van der Waals surface area (Å²) < 4.78 is 24.0. The smallest absolute Gasteiger partial charge is 0.331 e. The molecule has 0 spiro atoms. The molecule has 0 atom stereocenters. The number of hydrogen-bond acceptors (Lipinski definition) is 4. The molecule has 7 heteroatoms. The van der Waals surface area contributed by atoms with Gasteiger partial charge in [0.2, 0.25) is 0 Å². The molecule has 3 N–H and O–H groups in total. The molecular weight excluding hydrogens is 268 g/mol. The van der Waals surface area contributed by atoms with Crippen molar-refractivity contribution in [3.05, 3.63) is 30.3 Å². The summed E-state index contributed by atoms with van der Waals surface area (Å²) in [6.07, 6.45) is 0.794. The zero-order valence-electron chi connectivity index (χ0n) is 10.1. The van der Waals surface area contributed by atoms with Gasteiger partial charge in [-0.2, -0.15) is 0 Å². The van der Waals surface area contributed by atoms with E-state index in [1.165, 1.54) is 12.1 Å². The maximum atomic E-state index is 12.0. The number of carbonyl (C=O) groups is 1. The van der Waals surface area contributed by atoms with Crippen LogP contribution in [0.25, 0.3) is 0 Å². The highest BCUT2D eigenvalue weighted by Crippen LogP contribution is 2.40. The summed E-state index contributed by atoms with van der Waals surface area (Å²) in [5.41, 5.74) is 4.37. The fourth-order valence-electron chi connectivity index (χ4n) is 1.70. The molecule has 6 nitrogen and oxygen atoms in total. The molecular formula is C12H14N2O4S. The molecule has 0 heterocycles. The van der Waals surface area contributed by atoms with Crippen molar-refractivity contribution >= 4 is 21.6 Å². The Balaban J connectivity index is 2.18. The average Bonchev–Trinajstić information content (AvgIpc) is 3.10. The fraction of sp³-hybridized carbons (Fsp3) is 0.333. The molecule has 1 aliphatic carbocycles. The second kappa shape index (κ2) is 4.65. The quantitative estimate of drug-likeness (QED) is 0.601. The van der Waals surface area contributed by atoms with Crippen LogP contribution < -0.4 is 5.73 Å². The molecule has 1 saturated carbocycles. The Labute approximate surface area is 110 Å². The van der Waals surface area contributed by atoms with Gasteiger partial charge < -0.3 is 10.8 Å². The second-order valence-electron chi connectivity index (χ2n) is 4.51. The molecule has 0 amide bonds. The van der Waals surface area contributed by atoms with Gasteiger partial charge in [-0.25, -0.2) is 13.2 Å². The number of amidine groups is 1. The zero-order chi connectivity index (χ0) is 14.1. The van der Waals surface area contributed by atoms with Crippen molar-refractivity contribution in [2.75, 3.05) is 5.75 Å². The van der Waals surface area contributed by atoms with Gasteiger partial charge in [-0.15, -0.1) is 0 Å². The molecule has 2 rings (SSSR count). The van der Waals surface area contributed by atoms with E-state index in [9.17, 15) is 13.2 Å². The Hall–Kier alpha value is -1.89. The Bertz CT molecular complexity index is 618. The van der Waals surface area contributed by atoms with Crippen molar-refractivity contribution in [1.29, 1.82) is 0 Å². The summed E-state index contributed by atoms with van der Waals surface area (Å²) in [5.74, 6) is -1.69. The minimum atomic E-state index is -3.58. The number of hydrogen-bond donors (Lipinski definition) is 2. The fourth-order valence-corrected chi connectivity index (χ4v) is 2.90. The number of carboxylic acids is 1. The normalized spacial score (nSPS) is 18.0. The highest BCUT2D eigenvalue weighted by molar-refractivity contribution is 7.92. The molecule has 1 aromatic carbocycles. The Morgan fingerprint density at radius 1 is 1.32 bits per heavy atom. The van der Waals surface area contributed by atoms with Gasteiger partial charge in [-0.3, -0.25) is 4.99 Å². The lowest BCUT2D eigenvalue weighted by atomic mass is 10.3. The molecule has 0 radical (unpaired) electrons. The number of benzene rings is 1. The van der Waals surface area contributed by atoms with E-state index < -0.39 is 27.1 Å². The topological polar surface area (TPSA) is 110 Å². The monoisotopic (exact) mass is 282 g/mol. The largest absolute Gasteiger partial charge is 0.479 e. The van der Waals surface area contributed by atoms with Gasteiger partial charge in [-0.05, 0) is 25.0 Å². The van der Waals surface area contributed by atoms with Crippen molar-refractivity contribution in [2.45, 2.75) is 23.3 Å². The predicted octanol–water partition coefficient (Wildman–Crippen LogP) is 0.435. The number of nitrogens with two attached hydrogens (primary N) is 1. The number of nitrogens with zero attached hydrogens (tertiary/aromatic N) is 1. The van der Waals surface area contributed by atoms with Crippen LogP contribution in [0.4, 0.5) is 0 Å². The molecule has 19 heavy (non-hydrogen) atoms. The maximum absolute atomic E-state index is 12.0. The van der Waals surface area contributed by atoms with Crippen molar-refractivity contribution in [3.63, 3.8) is 0 Å². The molecule has 0 saturated heterocycles. The van der Waals surface area contributed by atoms with Gasteiger partial charge in [-0.1, -0.05) is 18.2 Å². The van der Waals surface area contributed by atoms with E-state index in [2.05, 4.69) is 4.99 Å². The van der Waals surface area contributed by atoms with Crippen LogP contribution in [0.2, 0.25) is 0 Å². The van der Waals surface area contributed by atoms with Crippen LogP contribution in [0.15, 0.2) is 40.2 Å². The van der Waals surface area contributed by atoms with Gasteiger partial charge in [0.05, 0.1) is 4.90 Å². The first kappa shape index (κ1) is 13.5. The SMILES string of the molecule is NC(CS(=O)(=O)c1ccccc1)=NC1(C(=O)O)CC1. The molecule has 0 unspecified atom stereocenters. The number of sulfone groups is 1. The first-order valence-electron chi connectivity index (χ1n) is 5.71. The molecule has 0 aromatic heterocycles. The molecule has 1 aliphatic rings. The summed E-state index contributed by atoms with van der Waals surface area (Å²) >= 11 is 0. The number of aliphatic carboxylic acids is 1. The van der Waals surface area contributed by atoms with Crippen molar-refractivity contribution in [2.24, 2.45) is 10.7 Å². The van der Waals surface area contributed by atoms with E-state index in [1.807, 2.05) is 0 Å². The molecule has 0 aliphatic heterocycles. The highest BCUT2D eigenvalue weighted by Gasteiger charge is 2.50. The van der Waals surface area contributed by atoms with Crippen LogP contribution in [0.3, 0.4) is 0 Å². The Morgan fingerprint density at radius 3 is 2.37 bits per heavy atom. The van der Waals surface area contributed by atoms with E-state index in [0.717, 1.165) is 0 Å². The van der Waals surface area contributed by atoms with Crippen LogP contribution in [-0.2, 0) is 14.6 Å². The van der Waals surface area contributed by atoms with E-state index in [-0.39, 0.29) is 10.7 Å². The molecule has 1 aromatic rings. The third-order valence-electron chi connectivity index (χ3n) is 2.92. The van der Waals surface area contributed by atoms with E-state index in [1.54, 1.807) is 18.2 Å². The van der Waals surface area contributed by atoms with Gasteiger partial charge in [0.15, 0.2) is 15.4 Å². The molecule has 0 bridgehead atoms. The summed E-state index contributed by atoms with van der Waals surface area (Å²) in [6.45, 7) is 0. The van der Waals surface area contributed by atoms with Gasteiger partial charge >= 0.3 is 5.97 Å². The van der Waals surface area contributed by atoms with Crippen LogP contribution in [0.1, 0.15) is 12.8 Å². The zero-order valence-corrected chi connectivity index (χ0v) is 10.9. The summed E-state index contributed by atoms with van der Waals surface area (Å²) in [6, 6.07) is 7.86. The minimum Gasteiger partial charge on any atom is -0.479 e. The van der Waals surface area contributed by atoms with Crippen molar-refractivity contribution in [3.8, 4) is 0 Å². The van der Waals surface area contributed by atoms with Crippen LogP contribution in [-0.4, -0.2) is 36.6 Å². The first-order chi connectivity index (χ1) is 8.86. The standard InChI is InChI=1S/C12H14N2O4S/c13-10(14-12(6-7-12)11(15)16)8-19(17,18)9-4-2-1-3-5-9/h1-5H,6-8H2,(H2,13,14)(H,15,16). The second-order valence-corrected chi connectivity index (χ2v) is 6.50. The van der Waals surface area contributed by atoms with Crippen LogP contribution in [0, 0.1) is 0 Å². The summed E-state index contributed by atoms with van der Waals surface area (Å²) in [4.78, 5) is 14.9. The van der Waals surface area contributed by atoms with E-state index in [4.69, 9.17) is 10.8 Å². The predicted molar refractivity (Wildman–Crippen MR) is 69.7 cm³/mol. The Morgan fingerprint density at radius 2 is 1.89 bits per heavy atom. The van der Waals surface area contributed by atoms with Gasteiger partial charge in [0.1, 0.15) is 11.6 Å². The van der Waals surface area contributed by atoms with Crippen molar-refractivity contribution < 1.29 is 18.3 Å². The lowest BCUT2D eigenvalue weighted by molar-refractivity contribution is -0.139. The highest BCUT2D eigenvalue weighted by atomic mass is 32.2. The van der Waals surface area contributed by atoms with E-state index >= 15 is 0 Å². The Kier molecular flexibility index (Phi) is 3.32. The molecule has 1 fully saturated rings. The van der Waals surface area contributed by atoms with Gasteiger partial charge in [0, 0.05) is 0 Å². The number of rotatable bonds is 5. The van der Waals surface area contributed by atoms with Gasteiger partial charge in [0.25, 0.3) is 0 Å². The van der Waals surface area contributed by atoms with Crippen LogP contribution >= 0.6 is 0 Å². The summed E-state index contributed by atoms with van der Waals surface area (Å²) in [7, 11) is -3.58. The lowest BCUT2D eigenvalue weighted by Gasteiger charge is -2.07. The van der Waals surface area contributed by atoms with Crippen molar-refractivity contribution in [1.82, 2.24) is 0 Å².